The van der Waals surface area contributed by atoms with Gasteiger partial charge in [0, 0.05) is 22.2 Å². The van der Waals surface area contributed by atoms with E-state index in [9.17, 15) is 4.79 Å². The number of anilines is 1. The lowest BCUT2D eigenvalue weighted by atomic mass is 10.2. The molecule has 0 unspecified atom stereocenters. The van der Waals surface area contributed by atoms with Gasteiger partial charge >= 0.3 is 0 Å². The topological polar surface area (TPSA) is 64.4 Å². The molecule has 5 rings (SSSR count). The molecular weight excluding hydrogens is 503 g/mol. The van der Waals surface area contributed by atoms with Crippen molar-refractivity contribution in [1.82, 2.24) is 4.98 Å². The first-order chi connectivity index (χ1) is 17.0. The Hall–Kier alpha value is -3.58. The number of carbonyl (C=O) groups is 1. The number of carbonyl (C=O) groups excluding carboxylic acids is 1. The Bertz CT molecular complexity index is 1540. The van der Waals surface area contributed by atoms with E-state index in [1.54, 1.807) is 54.9 Å². The third kappa shape index (κ3) is 5.10. The number of amides is 1. The second-order valence-electron chi connectivity index (χ2n) is 7.55. The second kappa shape index (κ2) is 9.96. The summed E-state index contributed by atoms with van der Waals surface area (Å²) in [7, 11) is 1.56. The highest BCUT2D eigenvalue weighted by Crippen LogP contribution is 2.35. The number of methoxy groups -OCH3 is 1. The van der Waals surface area contributed by atoms with Crippen LogP contribution in [0.5, 0.6) is 5.75 Å². The molecule has 0 fully saturated rings. The summed E-state index contributed by atoms with van der Waals surface area (Å²) >= 11 is 13.9. The van der Waals surface area contributed by atoms with Crippen molar-refractivity contribution < 1.29 is 13.9 Å². The van der Waals surface area contributed by atoms with Crippen LogP contribution in [-0.4, -0.2) is 18.0 Å². The van der Waals surface area contributed by atoms with Gasteiger partial charge in [-0.15, -0.1) is 11.3 Å². The van der Waals surface area contributed by atoms with E-state index >= 15 is 0 Å². The van der Waals surface area contributed by atoms with E-state index in [0.29, 0.717) is 38.6 Å². The first-order valence-corrected chi connectivity index (χ1v) is 12.2. The van der Waals surface area contributed by atoms with Gasteiger partial charge in [-0.2, -0.15) is 0 Å². The SMILES string of the molecule is COc1ccc(-c2nc3ccccc3s2)cc1NC(=O)/C=C/c1ccc(-c2cc(Cl)ccc2Cl)o1. The fourth-order valence-electron chi connectivity index (χ4n) is 3.54. The number of fused-ring (bicyclic) bond motifs is 1. The predicted molar refractivity (Wildman–Crippen MR) is 143 cm³/mol. The van der Waals surface area contributed by atoms with Crippen molar-refractivity contribution in [1.29, 1.82) is 0 Å². The Morgan fingerprint density at radius 3 is 2.74 bits per heavy atom. The van der Waals surface area contributed by atoms with Crippen molar-refractivity contribution in [2.45, 2.75) is 0 Å². The van der Waals surface area contributed by atoms with Crippen LogP contribution >= 0.6 is 34.5 Å². The Kier molecular flexibility index (Phi) is 6.59. The van der Waals surface area contributed by atoms with Crippen molar-refractivity contribution in [3.63, 3.8) is 0 Å². The van der Waals surface area contributed by atoms with Crippen LogP contribution < -0.4 is 10.1 Å². The van der Waals surface area contributed by atoms with Crippen LogP contribution in [0, 0.1) is 0 Å². The van der Waals surface area contributed by atoms with Crippen molar-refractivity contribution in [3.05, 3.63) is 94.7 Å². The molecule has 0 bridgehead atoms. The minimum Gasteiger partial charge on any atom is -0.495 e. The lowest BCUT2D eigenvalue weighted by molar-refractivity contribution is -0.111. The summed E-state index contributed by atoms with van der Waals surface area (Å²) in [5.41, 5.74) is 3.05. The van der Waals surface area contributed by atoms with Crippen LogP contribution in [0.3, 0.4) is 0 Å². The molecule has 1 N–H and O–H groups in total. The maximum absolute atomic E-state index is 12.7. The molecule has 1 amide bonds. The fraction of sp³-hybridized carbons (Fsp3) is 0.0370. The average Bonchev–Trinajstić information content (AvgIpc) is 3.51. The number of halogens is 2. The summed E-state index contributed by atoms with van der Waals surface area (Å²) in [5.74, 6) is 1.28. The molecule has 0 saturated heterocycles. The van der Waals surface area contributed by atoms with Crippen LogP contribution in [0.2, 0.25) is 10.0 Å². The summed E-state index contributed by atoms with van der Waals surface area (Å²) in [4.78, 5) is 17.4. The summed E-state index contributed by atoms with van der Waals surface area (Å²) < 4.78 is 12.4. The molecule has 5 aromatic rings. The number of nitrogens with one attached hydrogen (secondary N) is 1. The van der Waals surface area contributed by atoms with Crippen LogP contribution in [0.15, 0.2) is 83.3 Å². The van der Waals surface area contributed by atoms with E-state index < -0.39 is 0 Å². The molecule has 8 heteroatoms. The van der Waals surface area contributed by atoms with Gasteiger partial charge < -0.3 is 14.5 Å². The Balaban J connectivity index is 1.34. The monoisotopic (exact) mass is 520 g/mol. The number of rotatable bonds is 6. The van der Waals surface area contributed by atoms with E-state index in [4.69, 9.17) is 37.3 Å². The molecule has 35 heavy (non-hydrogen) atoms. The molecule has 0 saturated carbocycles. The first kappa shape index (κ1) is 23.2. The summed E-state index contributed by atoms with van der Waals surface area (Å²) in [6, 6.07) is 22.2. The molecular formula is C27H18Cl2N2O3S. The van der Waals surface area contributed by atoms with E-state index in [2.05, 4.69) is 5.32 Å². The van der Waals surface area contributed by atoms with Crippen LogP contribution in [0.25, 0.3) is 38.2 Å². The molecule has 0 spiro atoms. The van der Waals surface area contributed by atoms with Crippen molar-refractivity contribution in [2.75, 3.05) is 12.4 Å². The van der Waals surface area contributed by atoms with E-state index in [1.807, 2.05) is 42.5 Å². The van der Waals surface area contributed by atoms with Gasteiger partial charge in [0.05, 0.1) is 28.0 Å². The van der Waals surface area contributed by atoms with Gasteiger partial charge in [-0.25, -0.2) is 4.98 Å². The van der Waals surface area contributed by atoms with Gasteiger partial charge in [-0.3, -0.25) is 4.79 Å². The largest absolute Gasteiger partial charge is 0.495 e. The molecule has 2 heterocycles. The molecule has 0 radical (unpaired) electrons. The van der Waals surface area contributed by atoms with Crippen molar-refractivity contribution >= 4 is 62.4 Å². The molecule has 174 valence electrons. The van der Waals surface area contributed by atoms with Gasteiger partial charge in [0.15, 0.2) is 0 Å². The molecule has 0 atom stereocenters. The number of para-hydroxylation sites is 1. The average molecular weight is 521 g/mol. The fourth-order valence-corrected chi connectivity index (χ4v) is 4.88. The van der Waals surface area contributed by atoms with Crippen molar-refractivity contribution in [2.24, 2.45) is 0 Å². The summed E-state index contributed by atoms with van der Waals surface area (Å²) in [6.07, 6.45) is 2.98. The number of furan rings is 1. The zero-order valence-corrected chi connectivity index (χ0v) is 20.7. The highest BCUT2D eigenvalue weighted by atomic mass is 35.5. The Morgan fingerprint density at radius 2 is 1.91 bits per heavy atom. The predicted octanol–water partition coefficient (Wildman–Crippen LogP) is 8.19. The van der Waals surface area contributed by atoms with E-state index in [0.717, 1.165) is 20.8 Å². The third-order valence-corrected chi connectivity index (χ3v) is 6.87. The van der Waals surface area contributed by atoms with Gasteiger partial charge in [0.25, 0.3) is 0 Å². The van der Waals surface area contributed by atoms with Crippen LogP contribution in [0.1, 0.15) is 5.76 Å². The zero-order valence-electron chi connectivity index (χ0n) is 18.4. The molecule has 5 nitrogen and oxygen atoms in total. The maximum Gasteiger partial charge on any atom is 0.248 e. The standard InChI is InChI=1S/C27H18Cl2N2O3S/c1-33-24-11-6-16(27-31-21-4-2-3-5-25(21)35-27)14-22(24)30-26(32)13-9-18-8-12-23(34-18)19-15-17(28)7-10-20(19)29/h2-15H,1H3,(H,30,32)/b13-9+. The highest BCUT2D eigenvalue weighted by Gasteiger charge is 2.12. The zero-order chi connectivity index (χ0) is 24.4. The number of ether oxygens (including phenoxy) is 1. The Labute approximate surface area is 215 Å². The number of nitrogens with zero attached hydrogens (tertiary/aromatic N) is 1. The number of benzene rings is 3. The summed E-state index contributed by atoms with van der Waals surface area (Å²) in [6.45, 7) is 0. The van der Waals surface area contributed by atoms with Crippen LogP contribution in [0.4, 0.5) is 5.69 Å². The molecule has 3 aromatic carbocycles. The number of hydrogen-bond donors (Lipinski definition) is 1. The highest BCUT2D eigenvalue weighted by molar-refractivity contribution is 7.21. The quantitative estimate of drug-likeness (QED) is 0.229. The summed E-state index contributed by atoms with van der Waals surface area (Å²) in [5, 5.41) is 4.82. The number of thiazole rings is 1. The number of hydrogen-bond acceptors (Lipinski definition) is 5. The normalized spacial score (nSPS) is 11.3. The van der Waals surface area contributed by atoms with E-state index in [1.165, 1.54) is 6.08 Å². The molecule has 0 aliphatic carbocycles. The lowest BCUT2D eigenvalue weighted by Crippen LogP contribution is -2.09. The van der Waals surface area contributed by atoms with Gasteiger partial charge in [0.1, 0.15) is 22.3 Å². The molecule has 0 aliphatic rings. The molecule has 2 aromatic heterocycles. The minimum atomic E-state index is -0.330. The molecule has 0 aliphatic heterocycles. The Morgan fingerprint density at radius 1 is 1.06 bits per heavy atom. The lowest BCUT2D eigenvalue weighted by Gasteiger charge is -2.10. The van der Waals surface area contributed by atoms with Crippen molar-refractivity contribution in [3.8, 4) is 27.6 Å². The van der Waals surface area contributed by atoms with Gasteiger partial charge in [0.2, 0.25) is 5.91 Å². The minimum absolute atomic E-state index is 0.330. The second-order valence-corrected chi connectivity index (χ2v) is 9.42. The third-order valence-electron chi connectivity index (χ3n) is 5.22. The number of aromatic nitrogens is 1. The van der Waals surface area contributed by atoms with Crippen LogP contribution in [-0.2, 0) is 4.79 Å². The van der Waals surface area contributed by atoms with E-state index in [-0.39, 0.29) is 5.91 Å². The van der Waals surface area contributed by atoms with Gasteiger partial charge in [-0.1, -0.05) is 35.3 Å². The smallest absolute Gasteiger partial charge is 0.248 e. The first-order valence-electron chi connectivity index (χ1n) is 10.6. The maximum atomic E-state index is 12.7. The van der Waals surface area contributed by atoms with Gasteiger partial charge in [-0.05, 0) is 66.7 Å².